The van der Waals surface area contributed by atoms with Crippen LogP contribution in [-0.4, -0.2) is 5.78 Å². The van der Waals surface area contributed by atoms with Gasteiger partial charge >= 0.3 is 0 Å². The fourth-order valence-corrected chi connectivity index (χ4v) is 1.80. The first kappa shape index (κ1) is 4.99. The minimum absolute atomic E-state index is 0.239. The molecule has 0 bridgehead atoms. The standard InChI is InChI=1S/C7H7NO/c8-3-7-5-1-4(9)2-6(5)7/h5-7H,1-2H2/t5-,6-/m1/s1. The van der Waals surface area contributed by atoms with Crippen LogP contribution < -0.4 is 0 Å². The number of fused-ring (bicyclic) bond motifs is 1. The van der Waals surface area contributed by atoms with E-state index in [1.165, 1.54) is 0 Å². The molecule has 0 aliphatic heterocycles. The zero-order chi connectivity index (χ0) is 6.43. The van der Waals surface area contributed by atoms with Gasteiger partial charge in [0, 0.05) is 12.8 Å². The lowest BCUT2D eigenvalue weighted by molar-refractivity contribution is -0.118. The van der Waals surface area contributed by atoms with E-state index in [4.69, 9.17) is 5.26 Å². The maximum absolute atomic E-state index is 10.6. The van der Waals surface area contributed by atoms with Crippen LogP contribution in [0.2, 0.25) is 0 Å². The molecular formula is C7H7NO. The molecule has 2 heteroatoms. The van der Waals surface area contributed by atoms with Gasteiger partial charge in [-0.3, -0.25) is 4.79 Å². The lowest BCUT2D eigenvalue weighted by Crippen LogP contribution is -1.95. The fraction of sp³-hybridized carbons (Fsp3) is 0.714. The van der Waals surface area contributed by atoms with Crippen LogP contribution in [0.3, 0.4) is 0 Å². The highest BCUT2D eigenvalue weighted by Gasteiger charge is 2.56. The summed E-state index contributed by atoms with van der Waals surface area (Å²) in [5, 5.41) is 8.44. The number of rotatable bonds is 0. The second-order valence-corrected chi connectivity index (χ2v) is 2.93. The SMILES string of the molecule is N#CC1[C@@H]2CC(=O)C[C@@H]12. The summed E-state index contributed by atoms with van der Waals surface area (Å²) < 4.78 is 0. The lowest BCUT2D eigenvalue weighted by atomic mass is 10.1. The van der Waals surface area contributed by atoms with Gasteiger partial charge in [-0.25, -0.2) is 0 Å². The fourth-order valence-electron chi connectivity index (χ4n) is 1.80. The summed E-state index contributed by atoms with van der Waals surface area (Å²) in [4.78, 5) is 10.6. The molecule has 0 aromatic carbocycles. The maximum atomic E-state index is 10.6. The molecule has 2 nitrogen and oxygen atoms in total. The quantitative estimate of drug-likeness (QED) is 0.474. The molecule has 2 aliphatic carbocycles. The van der Waals surface area contributed by atoms with Crippen molar-refractivity contribution in [2.45, 2.75) is 12.8 Å². The second kappa shape index (κ2) is 1.36. The Hall–Kier alpha value is -0.840. The average Bonchev–Trinajstić information content (AvgIpc) is 2.30. The van der Waals surface area contributed by atoms with Gasteiger partial charge in [-0.05, 0) is 11.8 Å². The Labute approximate surface area is 53.5 Å². The molecule has 0 heterocycles. The molecule has 0 unspecified atom stereocenters. The van der Waals surface area contributed by atoms with Crippen molar-refractivity contribution in [1.82, 2.24) is 0 Å². The maximum Gasteiger partial charge on any atom is 0.133 e. The van der Waals surface area contributed by atoms with E-state index in [1.54, 1.807) is 0 Å². The molecule has 2 saturated carbocycles. The van der Waals surface area contributed by atoms with Crippen LogP contribution in [0.5, 0.6) is 0 Å². The predicted octanol–water partition coefficient (Wildman–Crippen LogP) is 0.735. The van der Waals surface area contributed by atoms with Gasteiger partial charge in [0.1, 0.15) is 5.78 Å². The summed E-state index contributed by atoms with van der Waals surface area (Å²) in [7, 11) is 0. The van der Waals surface area contributed by atoms with E-state index in [9.17, 15) is 4.79 Å². The molecule has 2 fully saturated rings. The van der Waals surface area contributed by atoms with Crippen molar-refractivity contribution in [1.29, 1.82) is 5.26 Å². The molecule has 0 aromatic heterocycles. The zero-order valence-electron chi connectivity index (χ0n) is 5.00. The van der Waals surface area contributed by atoms with Crippen LogP contribution >= 0.6 is 0 Å². The molecule has 2 rings (SSSR count). The van der Waals surface area contributed by atoms with Crippen LogP contribution in [0.25, 0.3) is 0 Å². The molecule has 0 aromatic rings. The van der Waals surface area contributed by atoms with Crippen molar-refractivity contribution in [3.63, 3.8) is 0 Å². The highest BCUT2D eigenvalue weighted by Crippen LogP contribution is 2.55. The highest BCUT2D eigenvalue weighted by molar-refractivity contribution is 5.83. The molecule has 46 valence electrons. The zero-order valence-corrected chi connectivity index (χ0v) is 5.00. The normalized spacial score (nSPS) is 46.1. The number of ketones is 1. The molecule has 0 amide bonds. The van der Waals surface area contributed by atoms with Gasteiger partial charge in [0.2, 0.25) is 0 Å². The van der Waals surface area contributed by atoms with Crippen molar-refractivity contribution in [2.24, 2.45) is 17.8 Å². The van der Waals surface area contributed by atoms with Gasteiger partial charge in [0.05, 0.1) is 12.0 Å². The first-order valence-corrected chi connectivity index (χ1v) is 3.24. The minimum atomic E-state index is 0.239. The Morgan fingerprint density at radius 2 is 2.00 bits per heavy atom. The smallest absolute Gasteiger partial charge is 0.133 e. The third-order valence-corrected chi connectivity index (χ3v) is 2.41. The Morgan fingerprint density at radius 1 is 1.44 bits per heavy atom. The first-order chi connectivity index (χ1) is 4.33. The number of nitriles is 1. The number of hydrogen-bond acceptors (Lipinski definition) is 2. The topological polar surface area (TPSA) is 40.9 Å². The summed E-state index contributed by atoms with van der Waals surface area (Å²) in [6.07, 6.45) is 1.37. The molecule has 9 heavy (non-hydrogen) atoms. The van der Waals surface area contributed by atoms with Crippen LogP contribution in [0, 0.1) is 29.1 Å². The summed E-state index contributed by atoms with van der Waals surface area (Å²) in [6.45, 7) is 0. The molecule has 0 spiro atoms. The van der Waals surface area contributed by atoms with Gasteiger partial charge < -0.3 is 0 Å². The molecule has 0 saturated heterocycles. The number of nitrogens with zero attached hydrogens (tertiary/aromatic N) is 1. The van der Waals surface area contributed by atoms with Gasteiger partial charge in [0.15, 0.2) is 0 Å². The van der Waals surface area contributed by atoms with E-state index >= 15 is 0 Å². The summed E-state index contributed by atoms with van der Waals surface area (Å²) in [5.41, 5.74) is 0. The van der Waals surface area contributed by atoms with Gasteiger partial charge in [-0.15, -0.1) is 0 Å². The van der Waals surface area contributed by atoms with Crippen molar-refractivity contribution in [3.05, 3.63) is 0 Å². The Kier molecular flexibility index (Phi) is 0.751. The van der Waals surface area contributed by atoms with Crippen molar-refractivity contribution in [2.75, 3.05) is 0 Å². The van der Waals surface area contributed by atoms with Gasteiger partial charge in [-0.2, -0.15) is 5.26 Å². The largest absolute Gasteiger partial charge is 0.300 e. The monoisotopic (exact) mass is 121 g/mol. The van der Waals surface area contributed by atoms with Gasteiger partial charge in [-0.1, -0.05) is 0 Å². The van der Waals surface area contributed by atoms with Crippen molar-refractivity contribution >= 4 is 5.78 Å². The average molecular weight is 121 g/mol. The lowest BCUT2D eigenvalue weighted by Gasteiger charge is -1.88. The van der Waals surface area contributed by atoms with Crippen LogP contribution in [0.15, 0.2) is 0 Å². The van der Waals surface area contributed by atoms with E-state index in [0.717, 1.165) is 0 Å². The van der Waals surface area contributed by atoms with Crippen LogP contribution in [-0.2, 0) is 4.79 Å². The molecule has 2 aliphatic rings. The number of hydrogen-bond donors (Lipinski definition) is 0. The summed E-state index contributed by atoms with van der Waals surface area (Å²) in [5.74, 6) is 1.52. The number of Topliss-reactive ketones (excluding diaryl/α,β-unsaturated/α-hetero) is 1. The minimum Gasteiger partial charge on any atom is -0.300 e. The molecule has 0 radical (unpaired) electrons. The third kappa shape index (κ3) is 0.519. The van der Waals surface area contributed by atoms with Crippen molar-refractivity contribution in [3.8, 4) is 6.07 Å². The van der Waals surface area contributed by atoms with E-state index in [-0.39, 0.29) is 5.92 Å². The number of carbonyl (C=O) groups is 1. The van der Waals surface area contributed by atoms with Crippen LogP contribution in [0.4, 0.5) is 0 Å². The Bertz CT molecular complexity index is 189. The van der Waals surface area contributed by atoms with Gasteiger partial charge in [0.25, 0.3) is 0 Å². The third-order valence-electron chi connectivity index (χ3n) is 2.41. The van der Waals surface area contributed by atoms with E-state index < -0.39 is 0 Å². The predicted molar refractivity (Wildman–Crippen MR) is 30.3 cm³/mol. The van der Waals surface area contributed by atoms with E-state index in [1.807, 2.05) is 0 Å². The second-order valence-electron chi connectivity index (χ2n) is 2.93. The van der Waals surface area contributed by atoms with Crippen LogP contribution in [0.1, 0.15) is 12.8 Å². The van der Waals surface area contributed by atoms with E-state index in [0.29, 0.717) is 30.5 Å². The number of carbonyl (C=O) groups excluding carboxylic acids is 1. The Morgan fingerprint density at radius 3 is 2.44 bits per heavy atom. The van der Waals surface area contributed by atoms with Crippen molar-refractivity contribution < 1.29 is 4.79 Å². The Balaban J connectivity index is 2.08. The molecule has 0 N–H and O–H groups in total. The van der Waals surface area contributed by atoms with E-state index in [2.05, 4.69) is 6.07 Å². The molecular weight excluding hydrogens is 114 g/mol. The molecule has 2 atom stereocenters. The summed E-state index contributed by atoms with van der Waals surface area (Å²) >= 11 is 0. The summed E-state index contributed by atoms with van der Waals surface area (Å²) in [6, 6.07) is 2.21. The highest BCUT2D eigenvalue weighted by atomic mass is 16.1. The first-order valence-electron chi connectivity index (χ1n) is 3.24.